The Labute approximate surface area is 187 Å². The van der Waals surface area contributed by atoms with Crippen molar-refractivity contribution < 1.29 is 10.2 Å². The van der Waals surface area contributed by atoms with Crippen molar-refractivity contribution in [1.82, 2.24) is 0 Å². The first kappa shape index (κ1) is 21.1. The highest BCUT2D eigenvalue weighted by molar-refractivity contribution is 6.15. The number of aromatic hydroxyl groups is 2. The van der Waals surface area contributed by atoms with Crippen LogP contribution < -0.4 is 0 Å². The van der Waals surface area contributed by atoms with Gasteiger partial charge in [0.1, 0.15) is 11.5 Å². The van der Waals surface area contributed by atoms with Crippen LogP contribution in [0.3, 0.4) is 0 Å². The smallest absolute Gasteiger partial charge is 0.124 e. The summed E-state index contributed by atoms with van der Waals surface area (Å²) < 4.78 is 0. The second-order valence-electron chi connectivity index (χ2n) is 7.23. The molecule has 0 aliphatic carbocycles. The van der Waals surface area contributed by atoms with Gasteiger partial charge in [0.15, 0.2) is 0 Å². The van der Waals surface area contributed by atoms with Crippen LogP contribution in [0.5, 0.6) is 11.5 Å². The molecule has 32 heavy (non-hydrogen) atoms. The molecule has 0 atom stereocenters. The van der Waals surface area contributed by atoms with Crippen molar-refractivity contribution >= 4 is 11.4 Å². The highest BCUT2D eigenvalue weighted by Gasteiger charge is 2.12. The lowest BCUT2D eigenvalue weighted by atomic mass is 10.0. The molecule has 0 radical (unpaired) electrons. The van der Waals surface area contributed by atoms with E-state index in [2.05, 4.69) is 0 Å². The number of nitrogens with zero attached hydrogens (tertiary/aromatic N) is 2. The number of benzene rings is 4. The molecule has 158 valence electrons. The van der Waals surface area contributed by atoms with E-state index >= 15 is 0 Å². The molecule has 4 aromatic rings. The molecule has 0 aromatic heterocycles. The van der Waals surface area contributed by atoms with Crippen molar-refractivity contribution in [2.45, 2.75) is 0 Å². The number of phenols is 2. The quantitative estimate of drug-likeness (QED) is 0.307. The summed E-state index contributed by atoms with van der Waals surface area (Å²) in [7, 11) is 0. The van der Waals surface area contributed by atoms with E-state index in [0.29, 0.717) is 24.2 Å². The minimum atomic E-state index is 0.192. The highest BCUT2D eigenvalue weighted by atomic mass is 16.3. The minimum Gasteiger partial charge on any atom is -0.507 e. The molecule has 0 aliphatic heterocycles. The Kier molecular flexibility index (Phi) is 6.73. The molecule has 4 aromatic carbocycles. The molecule has 4 nitrogen and oxygen atoms in total. The largest absolute Gasteiger partial charge is 0.507 e. The van der Waals surface area contributed by atoms with Crippen molar-refractivity contribution in [1.29, 1.82) is 0 Å². The molecule has 0 saturated heterocycles. The number of hydrogen-bond donors (Lipinski definition) is 2. The SMILES string of the molecule is Oc1ccccc1C(=NCCN=C(c1ccccc1)c1ccccc1O)c1ccccc1. The molecular formula is C28H24N2O2. The van der Waals surface area contributed by atoms with Crippen LogP contribution in [0.25, 0.3) is 0 Å². The van der Waals surface area contributed by atoms with Crippen LogP contribution in [0, 0.1) is 0 Å². The third-order valence-electron chi connectivity index (χ3n) is 5.05. The summed E-state index contributed by atoms with van der Waals surface area (Å²) in [5.41, 5.74) is 4.69. The standard InChI is InChI=1S/C28H24N2O2/c31-25-17-9-7-15-23(25)27(21-11-3-1-4-12-21)29-19-20-30-28(22-13-5-2-6-14-22)24-16-8-10-18-26(24)32/h1-18,31-32H,19-20H2. The monoisotopic (exact) mass is 420 g/mol. The van der Waals surface area contributed by atoms with E-state index in [1.807, 2.05) is 84.9 Å². The molecule has 4 rings (SSSR count). The maximum absolute atomic E-state index is 10.4. The minimum absolute atomic E-state index is 0.192. The lowest BCUT2D eigenvalue weighted by Crippen LogP contribution is -2.08. The van der Waals surface area contributed by atoms with Crippen molar-refractivity contribution in [3.05, 3.63) is 131 Å². The Balaban J connectivity index is 1.66. The van der Waals surface area contributed by atoms with Crippen molar-refractivity contribution in [3.8, 4) is 11.5 Å². The Morgan fingerprint density at radius 2 is 0.812 bits per heavy atom. The Morgan fingerprint density at radius 1 is 0.469 bits per heavy atom. The van der Waals surface area contributed by atoms with Crippen molar-refractivity contribution in [2.75, 3.05) is 13.1 Å². The van der Waals surface area contributed by atoms with Crippen LogP contribution in [-0.2, 0) is 0 Å². The normalized spacial score (nSPS) is 12.0. The molecule has 0 fully saturated rings. The first-order chi connectivity index (χ1) is 15.7. The van der Waals surface area contributed by atoms with Crippen molar-refractivity contribution in [3.63, 3.8) is 0 Å². The summed E-state index contributed by atoms with van der Waals surface area (Å²) in [6.07, 6.45) is 0. The molecule has 0 bridgehead atoms. The maximum atomic E-state index is 10.4. The summed E-state index contributed by atoms with van der Waals surface area (Å²) in [4.78, 5) is 9.59. The predicted octanol–water partition coefficient (Wildman–Crippen LogP) is 5.47. The molecule has 0 saturated carbocycles. The van der Waals surface area contributed by atoms with Gasteiger partial charge in [-0.3, -0.25) is 9.98 Å². The number of aliphatic imine (C=N–C) groups is 2. The lowest BCUT2D eigenvalue weighted by molar-refractivity contribution is 0.473. The maximum Gasteiger partial charge on any atom is 0.124 e. The van der Waals surface area contributed by atoms with Gasteiger partial charge in [0, 0.05) is 22.3 Å². The second-order valence-corrected chi connectivity index (χ2v) is 7.23. The number of phenolic OH excluding ortho intramolecular Hbond substituents is 2. The van der Waals surface area contributed by atoms with Gasteiger partial charge < -0.3 is 10.2 Å². The fraction of sp³-hybridized carbons (Fsp3) is 0.0714. The van der Waals surface area contributed by atoms with Gasteiger partial charge in [-0.2, -0.15) is 0 Å². The van der Waals surface area contributed by atoms with E-state index in [9.17, 15) is 10.2 Å². The van der Waals surface area contributed by atoms with Crippen LogP contribution in [0.1, 0.15) is 22.3 Å². The van der Waals surface area contributed by atoms with Gasteiger partial charge >= 0.3 is 0 Å². The average molecular weight is 421 g/mol. The van der Waals surface area contributed by atoms with Gasteiger partial charge in [-0.15, -0.1) is 0 Å². The van der Waals surface area contributed by atoms with Crippen LogP contribution in [0.15, 0.2) is 119 Å². The van der Waals surface area contributed by atoms with Crippen LogP contribution >= 0.6 is 0 Å². The van der Waals surface area contributed by atoms with E-state index in [1.165, 1.54) is 0 Å². The summed E-state index contributed by atoms with van der Waals surface area (Å²) in [5.74, 6) is 0.385. The molecule has 0 aliphatic rings. The van der Waals surface area contributed by atoms with Gasteiger partial charge in [-0.1, -0.05) is 84.9 Å². The first-order valence-corrected chi connectivity index (χ1v) is 10.5. The Bertz CT molecular complexity index is 1130. The van der Waals surface area contributed by atoms with E-state index in [0.717, 1.165) is 22.6 Å². The van der Waals surface area contributed by atoms with E-state index in [4.69, 9.17) is 9.98 Å². The number of hydrogen-bond acceptors (Lipinski definition) is 4. The lowest BCUT2D eigenvalue weighted by Gasteiger charge is -2.11. The van der Waals surface area contributed by atoms with E-state index in [1.54, 1.807) is 24.3 Å². The second kappa shape index (κ2) is 10.2. The average Bonchev–Trinajstić information content (AvgIpc) is 2.84. The summed E-state index contributed by atoms with van der Waals surface area (Å²) in [5, 5.41) is 20.8. The molecule has 2 N–H and O–H groups in total. The molecule has 4 heteroatoms. The molecular weight excluding hydrogens is 396 g/mol. The number of para-hydroxylation sites is 2. The predicted molar refractivity (Wildman–Crippen MR) is 130 cm³/mol. The Hall–Kier alpha value is -4.18. The summed E-state index contributed by atoms with van der Waals surface area (Å²) >= 11 is 0. The van der Waals surface area contributed by atoms with Gasteiger partial charge in [0.2, 0.25) is 0 Å². The molecule has 0 amide bonds. The third-order valence-corrected chi connectivity index (χ3v) is 5.05. The van der Waals surface area contributed by atoms with Gasteiger partial charge in [-0.25, -0.2) is 0 Å². The fourth-order valence-corrected chi connectivity index (χ4v) is 3.53. The Morgan fingerprint density at radius 3 is 1.19 bits per heavy atom. The van der Waals surface area contributed by atoms with Crippen LogP contribution in [0.2, 0.25) is 0 Å². The zero-order chi connectivity index (χ0) is 22.2. The van der Waals surface area contributed by atoms with Crippen LogP contribution in [0.4, 0.5) is 0 Å². The molecule has 0 heterocycles. The van der Waals surface area contributed by atoms with Gasteiger partial charge in [-0.05, 0) is 24.3 Å². The fourth-order valence-electron chi connectivity index (χ4n) is 3.53. The van der Waals surface area contributed by atoms with E-state index < -0.39 is 0 Å². The van der Waals surface area contributed by atoms with Crippen molar-refractivity contribution in [2.24, 2.45) is 9.98 Å². The topological polar surface area (TPSA) is 65.2 Å². The molecule has 0 unspecified atom stereocenters. The van der Waals surface area contributed by atoms with Gasteiger partial charge in [0.05, 0.1) is 24.5 Å². The number of rotatable bonds is 7. The highest BCUT2D eigenvalue weighted by Crippen LogP contribution is 2.22. The third kappa shape index (κ3) is 4.93. The van der Waals surface area contributed by atoms with E-state index in [-0.39, 0.29) is 11.5 Å². The zero-order valence-electron chi connectivity index (χ0n) is 17.6. The molecule has 0 spiro atoms. The zero-order valence-corrected chi connectivity index (χ0v) is 17.6. The van der Waals surface area contributed by atoms with Crippen LogP contribution in [-0.4, -0.2) is 34.7 Å². The summed E-state index contributed by atoms with van der Waals surface area (Å²) in [6, 6.07) is 34.0. The summed E-state index contributed by atoms with van der Waals surface area (Å²) in [6.45, 7) is 0.866. The first-order valence-electron chi connectivity index (χ1n) is 10.5. The van der Waals surface area contributed by atoms with Gasteiger partial charge in [0.25, 0.3) is 0 Å².